The Morgan fingerprint density at radius 3 is 2.43 bits per heavy atom. The molecule has 1 aliphatic heterocycles. The maximum Gasteiger partial charge on any atom is 0.234 e. The summed E-state index contributed by atoms with van der Waals surface area (Å²) in [6, 6.07) is 19.6. The number of anilines is 3. The van der Waals surface area contributed by atoms with Crippen molar-refractivity contribution in [3.63, 3.8) is 0 Å². The highest BCUT2D eigenvalue weighted by Crippen LogP contribution is 2.24. The lowest BCUT2D eigenvalue weighted by Gasteiger charge is -2.36. The van der Waals surface area contributed by atoms with Crippen LogP contribution in [0.3, 0.4) is 0 Å². The number of rotatable bonds is 6. The van der Waals surface area contributed by atoms with Gasteiger partial charge in [-0.1, -0.05) is 53.7 Å². The van der Waals surface area contributed by atoms with Crippen LogP contribution in [0.1, 0.15) is 0 Å². The van der Waals surface area contributed by atoms with Gasteiger partial charge >= 0.3 is 0 Å². The molecule has 8 heteroatoms. The molecule has 2 aromatic carbocycles. The molecule has 154 valence electrons. The highest BCUT2D eigenvalue weighted by Gasteiger charge is 2.19. The second kappa shape index (κ2) is 9.82. The molecule has 1 N–H and O–H groups in total. The van der Waals surface area contributed by atoms with Gasteiger partial charge in [0.15, 0.2) is 0 Å². The number of carbonyl (C=O) groups is 1. The molecule has 30 heavy (non-hydrogen) atoms. The number of amides is 1. The lowest BCUT2D eigenvalue weighted by Crippen LogP contribution is -2.46. The van der Waals surface area contributed by atoms with E-state index in [9.17, 15) is 4.79 Å². The van der Waals surface area contributed by atoms with E-state index in [0.717, 1.165) is 37.0 Å². The summed E-state index contributed by atoms with van der Waals surface area (Å²) in [5.41, 5.74) is 1.87. The Hall–Kier alpha value is -2.77. The molecular weight excluding hydrogens is 418 g/mol. The van der Waals surface area contributed by atoms with E-state index in [0.29, 0.717) is 10.7 Å². The Morgan fingerprint density at radius 1 is 0.967 bits per heavy atom. The molecule has 1 fully saturated rings. The molecule has 0 spiro atoms. The number of para-hydroxylation sites is 2. The maximum atomic E-state index is 12.2. The van der Waals surface area contributed by atoms with Crippen molar-refractivity contribution in [2.45, 2.75) is 5.03 Å². The van der Waals surface area contributed by atoms with E-state index >= 15 is 0 Å². The van der Waals surface area contributed by atoms with Crippen LogP contribution in [-0.2, 0) is 4.79 Å². The number of nitrogens with one attached hydrogen (secondary N) is 1. The topological polar surface area (TPSA) is 61.4 Å². The molecule has 6 nitrogen and oxygen atoms in total. The number of benzene rings is 2. The van der Waals surface area contributed by atoms with E-state index in [4.69, 9.17) is 11.6 Å². The van der Waals surface area contributed by atoms with Crippen LogP contribution in [0.2, 0.25) is 5.02 Å². The minimum absolute atomic E-state index is 0.121. The lowest BCUT2D eigenvalue weighted by molar-refractivity contribution is -0.113. The first-order valence-electron chi connectivity index (χ1n) is 9.73. The zero-order valence-corrected chi connectivity index (χ0v) is 17.9. The Labute approximate surface area is 185 Å². The third-order valence-corrected chi connectivity index (χ3v) is 6.11. The number of aromatic nitrogens is 2. The molecule has 2 heterocycles. The van der Waals surface area contributed by atoms with Gasteiger partial charge in [-0.3, -0.25) is 4.79 Å². The molecular formula is C22H22ClN5OS. The van der Waals surface area contributed by atoms with Gasteiger partial charge in [-0.25, -0.2) is 9.97 Å². The van der Waals surface area contributed by atoms with Crippen molar-refractivity contribution in [2.24, 2.45) is 0 Å². The average Bonchev–Trinajstić information content (AvgIpc) is 2.80. The maximum absolute atomic E-state index is 12.2. The average molecular weight is 440 g/mol. The minimum Gasteiger partial charge on any atom is -0.368 e. The predicted octanol–water partition coefficient (Wildman–Crippen LogP) is 4.19. The van der Waals surface area contributed by atoms with Crippen LogP contribution < -0.4 is 15.1 Å². The number of hydrogen-bond donors (Lipinski definition) is 1. The number of piperazine rings is 1. The van der Waals surface area contributed by atoms with Crippen molar-refractivity contribution in [1.82, 2.24) is 9.97 Å². The van der Waals surface area contributed by atoms with E-state index in [1.165, 1.54) is 17.4 Å². The van der Waals surface area contributed by atoms with Crippen LogP contribution in [0.4, 0.5) is 17.2 Å². The summed E-state index contributed by atoms with van der Waals surface area (Å²) in [7, 11) is 0. The molecule has 0 unspecified atom stereocenters. The fraction of sp³-hybridized carbons (Fsp3) is 0.227. The molecule has 0 aliphatic carbocycles. The number of halogens is 1. The quantitative estimate of drug-likeness (QED) is 0.459. The van der Waals surface area contributed by atoms with Crippen LogP contribution in [0, 0.1) is 0 Å². The molecule has 0 radical (unpaired) electrons. The zero-order valence-electron chi connectivity index (χ0n) is 16.4. The third kappa shape index (κ3) is 5.23. The zero-order chi connectivity index (χ0) is 20.8. The first kappa shape index (κ1) is 20.5. The number of thioether (sulfide) groups is 1. The van der Waals surface area contributed by atoms with Crippen molar-refractivity contribution in [3.8, 4) is 0 Å². The third-order valence-electron chi connectivity index (χ3n) is 4.85. The van der Waals surface area contributed by atoms with E-state index in [-0.39, 0.29) is 11.7 Å². The monoisotopic (exact) mass is 439 g/mol. The van der Waals surface area contributed by atoms with Crippen LogP contribution in [0.5, 0.6) is 0 Å². The molecule has 4 rings (SSSR count). The van der Waals surface area contributed by atoms with Crippen molar-refractivity contribution >= 4 is 46.5 Å². The Balaban J connectivity index is 1.31. The van der Waals surface area contributed by atoms with Crippen LogP contribution in [0.15, 0.2) is 72.0 Å². The van der Waals surface area contributed by atoms with Gasteiger partial charge in [0.1, 0.15) is 17.2 Å². The first-order chi connectivity index (χ1) is 14.7. The Bertz CT molecular complexity index is 996. The summed E-state index contributed by atoms with van der Waals surface area (Å²) in [4.78, 5) is 25.6. The van der Waals surface area contributed by atoms with Gasteiger partial charge in [-0.05, 0) is 24.3 Å². The van der Waals surface area contributed by atoms with Gasteiger partial charge in [0, 0.05) is 37.9 Å². The fourth-order valence-electron chi connectivity index (χ4n) is 3.30. The second-order valence-corrected chi connectivity index (χ2v) is 8.24. The van der Waals surface area contributed by atoms with Gasteiger partial charge in [-0.2, -0.15) is 0 Å². The smallest absolute Gasteiger partial charge is 0.234 e. The molecule has 1 saturated heterocycles. The predicted molar refractivity (Wildman–Crippen MR) is 124 cm³/mol. The lowest BCUT2D eigenvalue weighted by atomic mass is 10.2. The minimum atomic E-state index is -0.121. The van der Waals surface area contributed by atoms with E-state index in [1.54, 1.807) is 18.5 Å². The standard InChI is InChI=1S/C22H22ClN5OS/c23-18-8-4-5-9-19(18)26-21(29)15-30-22-14-20(24-16-25-22)28-12-10-27(11-13-28)17-6-2-1-3-7-17/h1-9,14,16H,10-13,15H2,(H,26,29). The van der Waals surface area contributed by atoms with Crippen LogP contribution >= 0.6 is 23.4 Å². The molecule has 0 saturated carbocycles. The molecule has 1 aromatic heterocycles. The molecule has 0 bridgehead atoms. The molecule has 1 aliphatic rings. The highest BCUT2D eigenvalue weighted by molar-refractivity contribution is 7.99. The van der Waals surface area contributed by atoms with E-state index in [2.05, 4.69) is 49.4 Å². The largest absolute Gasteiger partial charge is 0.368 e. The van der Waals surface area contributed by atoms with Gasteiger partial charge in [0.05, 0.1) is 16.5 Å². The number of carbonyl (C=O) groups excluding carboxylic acids is 1. The molecule has 0 atom stereocenters. The highest BCUT2D eigenvalue weighted by atomic mass is 35.5. The summed E-state index contributed by atoms with van der Waals surface area (Å²) in [6.07, 6.45) is 1.56. The van der Waals surface area contributed by atoms with Crippen molar-refractivity contribution in [2.75, 3.05) is 47.0 Å². The summed E-state index contributed by atoms with van der Waals surface area (Å²) in [5, 5.41) is 4.13. The van der Waals surface area contributed by atoms with E-state index < -0.39 is 0 Å². The SMILES string of the molecule is O=C(CSc1cc(N2CCN(c3ccccc3)CC2)ncn1)Nc1ccccc1Cl. The second-order valence-electron chi connectivity index (χ2n) is 6.84. The van der Waals surface area contributed by atoms with Gasteiger partial charge in [-0.15, -0.1) is 0 Å². The van der Waals surface area contributed by atoms with Gasteiger partial charge in [0.25, 0.3) is 0 Å². The summed E-state index contributed by atoms with van der Waals surface area (Å²) >= 11 is 7.48. The van der Waals surface area contributed by atoms with Crippen molar-refractivity contribution in [3.05, 3.63) is 72.0 Å². The normalized spacial score (nSPS) is 13.9. The molecule has 1 amide bonds. The van der Waals surface area contributed by atoms with Gasteiger partial charge < -0.3 is 15.1 Å². The van der Waals surface area contributed by atoms with Crippen LogP contribution in [-0.4, -0.2) is 47.8 Å². The fourth-order valence-corrected chi connectivity index (χ4v) is 4.15. The van der Waals surface area contributed by atoms with Crippen LogP contribution in [0.25, 0.3) is 0 Å². The Kier molecular flexibility index (Phi) is 6.71. The number of hydrogen-bond acceptors (Lipinski definition) is 6. The first-order valence-corrected chi connectivity index (χ1v) is 11.1. The van der Waals surface area contributed by atoms with Crippen molar-refractivity contribution in [1.29, 1.82) is 0 Å². The summed E-state index contributed by atoms with van der Waals surface area (Å²) in [6.45, 7) is 3.67. The van der Waals surface area contributed by atoms with Gasteiger partial charge in [0.2, 0.25) is 5.91 Å². The number of nitrogens with zero attached hydrogens (tertiary/aromatic N) is 4. The van der Waals surface area contributed by atoms with E-state index in [1.807, 2.05) is 24.3 Å². The Morgan fingerprint density at radius 2 is 1.67 bits per heavy atom. The summed E-state index contributed by atoms with van der Waals surface area (Å²) in [5.74, 6) is 1.03. The summed E-state index contributed by atoms with van der Waals surface area (Å²) < 4.78 is 0. The van der Waals surface area contributed by atoms with Crippen molar-refractivity contribution < 1.29 is 4.79 Å². The molecule has 3 aromatic rings.